The van der Waals surface area contributed by atoms with Gasteiger partial charge in [0, 0.05) is 0 Å². The second kappa shape index (κ2) is 4.45. The molecule has 16 heavy (non-hydrogen) atoms. The van der Waals surface area contributed by atoms with E-state index >= 15 is 0 Å². The normalized spacial score (nSPS) is 50.7. The summed E-state index contributed by atoms with van der Waals surface area (Å²) in [6.07, 6.45) is -1.57. The van der Waals surface area contributed by atoms with Gasteiger partial charge in [0.05, 0.1) is 13.2 Å². The quantitative estimate of drug-likeness (QED) is 0.364. The first kappa shape index (κ1) is 14.2. The molecule has 0 aromatic heterocycles. The van der Waals surface area contributed by atoms with Gasteiger partial charge >= 0.3 is 15.6 Å². The Morgan fingerprint density at radius 1 is 1.38 bits per heavy atom. The Labute approximate surface area is 90.8 Å². The zero-order valence-corrected chi connectivity index (χ0v) is 10.0. The molecule has 0 aliphatic carbocycles. The molecule has 1 aliphatic rings. The predicted octanol–water partition coefficient (Wildman–Crippen LogP) is -0.638. The van der Waals surface area contributed by atoms with Crippen molar-refractivity contribution >= 4 is 15.6 Å². The lowest BCUT2D eigenvalue weighted by Gasteiger charge is -2.35. The Morgan fingerprint density at radius 3 is 2.44 bits per heavy atom. The van der Waals surface area contributed by atoms with Crippen LogP contribution in [0.1, 0.15) is 6.92 Å². The van der Waals surface area contributed by atoms with Crippen LogP contribution in [0.2, 0.25) is 0 Å². The fourth-order valence-corrected chi connectivity index (χ4v) is 3.37. The molecule has 0 aromatic rings. The van der Waals surface area contributed by atoms with Crippen LogP contribution >= 0.6 is 15.6 Å². The molecule has 1 heterocycles. The summed E-state index contributed by atoms with van der Waals surface area (Å²) in [4.78, 5) is 18.0. The van der Waals surface area contributed by atoms with Crippen LogP contribution in [0.3, 0.4) is 0 Å². The minimum absolute atomic E-state index is 0.690. The van der Waals surface area contributed by atoms with Crippen molar-refractivity contribution in [3.05, 3.63) is 0 Å². The summed E-state index contributed by atoms with van der Waals surface area (Å²) >= 11 is 0. The SMILES string of the molecule is C[13C@@]1([13CH2]O)OP(=O)(O)OP(=O)(O)O[13CH2][13C@H]1O. The number of phosphoric acid groups is 2. The summed E-state index contributed by atoms with van der Waals surface area (Å²) in [6, 6.07) is 0. The second-order valence-corrected chi connectivity index (χ2v) is 6.36. The van der Waals surface area contributed by atoms with Crippen LogP contribution in [-0.4, -0.2) is 44.9 Å². The fourth-order valence-electron chi connectivity index (χ4n) is 0.970. The smallest absolute Gasteiger partial charge is 0.393 e. The summed E-state index contributed by atoms with van der Waals surface area (Å²) in [6.45, 7) is -0.368. The van der Waals surface area contributed by atoms with Gasteiger partial charge in [0.25, 0.3) is 0 Å². The van der Waals surface area contributed by atoms with Crippen LogP contribution in [0, 0.1) is 0 Å². The molecule has 1 fully saturated rings. The van der Waals surface area contributed by atoms with Crippen molar-refractivity contribution in [1.29, 1.82) is 0 Å². The van der Waals surface area contributed by atoms with Gasteiger partial charge < -0.3 is 20.0 Å². The molecule has 4 N–H and O–H groups in total. The molecule has 1 rings (SSSR count). The molecule has 11 heteroatoms. The number of hydrogen-bond acceptors (Lipinski definition) is 7. The van der Waals surface area contributed by atoms with Crippen LogP contribution in [0.15, 0.2) is 0 Å². The van der Waals surface area contributed by atoms with Crippen molar-refractivity contribution in [3.8, 4) is 0 Å². The lowest BCUT2D eigenvalue weighted by molar-refractivity contribution is -0.109. The van der Waals surface area contributed by atoms with Gasteiger partial charge in [-0.05, 0) is 6.92 Å². The Morgan fingerprint density at radius 2 is 1.94 bits per heavy atom. The van der Waals surface area contributed by atoms with Crippen molar-refractivity contribution in [2.24, 2.45) is 0 Å². The maximum atomic E-state index is 11.2. The third-order valence-corrected chi connectivity index (χ3v) is 4.72. The molecule has 0 bridgehead atoms. The Bertz CT molecular complexity index is 356. The molecule has 0 radical (unpaired) electrons. The fraction of sp³-hybridized carbons (Fsp3) is 1.00. The van der Waals surface area contributed by atoms with E-state index in [0.717, 1.165) is 6.92 Å². The predicted molar refractivity (Wildman–Crippen MR) is 49.3 cm³/mol. The highest BCUT2D eigenvalue weighted by Gasteiger charge is 2.48. The average molecular weight is 282 g/mol. The van der Waals surface area contributed by atoms with Crippen LogP contribution in [0.25, 0.3) is 0 Å². The molecule has 1 aliphatic heterocycles. The summed E-state index contributed by atoms with van der Waals surface area (Å²) in [5, 5.41) is 18.4. The molecular formula is C5H12O9P2. The largest absolute Gasteiger partial charge is 0.481 e. The molecule has 4 atom stereocenters. The van der Waals surface area contributed by atoms with E-state index in [2.05, 4.69) is 13.4 Å². The first-order valence-electron chi connectivity index (χ1n) is 4.11. The van der Waals surface area contributed by atoms with Gasteiger partial charge in [-0.15, -0.1) is 0 Å². The highest BCUT2D eigenvalue weighted by atomic mass is 31.3. The molecule has 0 aromatic carbocycles. The van der Waals surface area contributed by atoms with Crippen molar-refractivity contribution in [2.45, 2.75) is 18.6 Å². The number of aliphatic hydroxyl groups excluding tert-OH is 2. The Hall–Kier alpha value is 0.180. The Kier molecular flexibility index (Phi) is 3.96. The van der Waals surface area contributed by atoms with Gasteiger partial charge in [0.15, 0.2) is 0 Å². The monoisotopic (exact) mass is 282 g/mol. The first-order valence-corrected chi connectivity index (χ1v) is 7.10. The van der Waals surface area contributed by atoms with E-state index in [9.17, 15) is 14.2 Å². The minimum Gasteiger partial charge on any atom is -0.393 e. The number of hydrogen-bond donors (Lipinski definition) is 4. The summed E-state index contributed by atoms with van der Waals surface area (Å²) in [5.74, 6) is 0. The van der Waals surface area contributed by atoms with Gasteiger partial charge in [0.2, 0.25) is 0 Å². The highest BCUT2D eigenvalue weighted by molar-refractivity contribution is 7.61. The number of rotatable bonds is 1. The third kappa shape index (κ3) is 3.33. The van der Waals surface area contributed by atoms with E-state index in [-0.39, 0.29) is 0 Å². The zero-order chi connectivity index (χ0) is 12.6. The van der Waals surface area contributed by atoms with Crippen LogP contribution in [0.5, 0.6) is 0 Å². The maximum Gasteiger partial charge on any atom is 0.481 e. The molecule has 2 unspecified atom stereocenters. The number of aliphatic hydroxyl groups is 2. The topological polar surface area (TPSA) is 143 Å². The van der Waals surface area contributed by atoms with E-state index in [0.29, 0.717) is 0 Å². The van der Waals surface area contributed by atoms with Crippen LogP contribution in [0.4, 0.5) is 0 Å². The van der Waals surface area contributed by atoms with Crippen LogP contribution in [-0.2, 0) is 22.5 Å². The van der Waals surface area contributed by atoms with Crippen LogP contribution < -0.4 is 0 Å². The van der Waals surface area contributed by atoms with Gasteiger partial charge in [-0.1, -0.05) is 0 Å². The second-order valence-electron chi connectivity index (χ2n) is 3.39. The molecule has 0 amide bonds. The van der Waals surface area contributed by atoms with Crippen molar-refractivity contribution < 1.29 is 42.5 Å². The molecule has 96 valence electrons. The highest BCUT2D eigenvalue weighted by Crippen LogP contribution is 2.63. The van der Waals surface area contributed by atoms with Gasteiger partial charge in [-0.3, -0.25) is 9.05 Å². The molecule has 9 nitrogen and oxygen atoms in total. The van der Waals surface area contributed by atoms with Gasteiger partial charge in [-0.2, -0.15) is 4.31 Å². The number of phosphoric ester groups is 2. The summed E-state index contributed by atoms with van der Waals surface area (Å²) in [5.41, 5.74) is -1.83. The molecule has 0 saturated carbocycles. The summed E-state index contributed by atoms with van der Waals surface area (Å²) in [7, 11) is -9.68. The standard InChI is InChI=1S/C5H12O9P2/c1-5(3-6)4(7)2-12-15(8,9)14-16(10,11)13-5/h4,6-7H,2-3H2,1H3,(H,8,9)(H,10,11)/t4-,5+/m1/s1/i2+1,3+1,4+1,5+1. The molecular weight excluding hydrogens is 270 g/mol. The van der Waals surface area contributed by atoms with E-state index in [1.807, 2.05) is 0 Å². The van der Waals surface area contributed by atoms with E-state index in [1.165, 1.54) is 0 Å². The van der Waals surface area contributed by atoms with E-state index < -0.39 is 40.6 Å². The lowest BCUT2D eigenvalue weighted by Crippen LogP contribution is -2.47. The summed E-state index contributed by atoms with van der Waals surface area (Å²) < 4.78 is 34.7. The maximum absolute atomic E-state index is 11.2. The van der Waals surface area contributed by atoms with E-state index in [4.69, 9.17) is 14.9 Å². The molecule has 1 saturated heterocycles. The third-order valence-electron chi connectivity index (χ3n) is 1.94. The van der Waals surface area contributed by atoms with Gasteiger partial charge in [-0.25, -0.2) is 9.13 Å². The first-order chi connectivity index (χ1) is 7.10. The van der Waals surface area contributed by atoms with E-state index in [1.54, 1.807) is 0 Å². The Balaban J connectivity index is 3.01. The zero-order valence-electron chi connectivity index (χ0n) is 8.22. The van der Waals surface area contributed by atoms with Crippen molar-refractivity contribution in [3.63, 3.8) is 0 Å². The van der Waals surface area contributed by atoms with Gasteiger partial charge in [0.1, 0.15) is 11.7 Å². The minimum atomic E-state index is -4.91. The lowest BCUT2D eigenvalue weighted by atomic mass is 10.8. The molecule has 0 spiro atoms. The van der Waals surface area contributed by atoms with Crippen molar-refractivity contribution in [2.75, 3.05) is 13.2 Å². The average Bonchev–Trinajstić information content (AvgIpc) is 2.10. The van der Waals surface area contributed by atoms with Crippen molar-refractivity contribution in [1.82, 2.24) is 0 Å².